The van der Waals surface area contributed by atoms with Crippen LogP contribution in [0, 0.1) is 13.8 Å². The van der Waals surface area contributed by atoms with Gasteiger partial charge in [0.25, 0.3) is 5.89 Å². The predicted molar refractivity (Wildman–Crippen MR) is 71.0 cm³/mol. The molecule has 0 fully saturated rings. The summed E-state index contributed by atoms with van der Waals surface area (Å²) in [6.45, 7) is 6.17. The van der Waals surface area contributed by atoms with E-state index >= 15 is 0 Å². The third-order valence-electron chi connectivity index (χ3n) is 3.07. The number of benzene rings is 1. The molecule has 2 rings (SSSR count). The van der Waals surface area contributed by atoms with Crippen LogP contribution in [0.2, 0.25) is 0 Å². The van der Waals surface area contributed by atoms with Crippen LogP contribution in [-0.2, 0) is 0 Å². The molecule has 0 bridgehead atoms. The van der Waals surface area contributed by atoms with E-state index in [1.54, 1.807) is 0 Å². The van der Waals surface area contributed by atoms with Gasteiger partial charge < -0.3 is 10.3 Å². The minimum atomic E-state index is -0.142. The number of aromatic nitrogens is 2. The number of nitrogens with zero attached hydrogens (tertiary/aromatic N) is 2. The molecule has 2 N–H and O–H groups in total. The second-order valence-corrected chi connectivity index (χ2v) is 4.62. The molecule has 1 aromatic heterocycles. The van der Waals surface area contributed by atoms with E-state index < -0.39 is 0 Å². The number of hydrogen-bond donors (Lipinski definition) is 1. The van der Waals surface area contributed by atoms with Crippen molar-refractivity contribution in [2.24, 2.45) is 5.73 Å². The van der Waals surface area contributed by atoms with Gasteiger partial charge in [-0.2, -0.15) is 4.98 Å². The molecular weight excluding hydrogens is 226 g/mol. The zero-order valence-corrected chi connectivity index (χ0v) is 11.1. The third kappa shape index (κ3) is 2.43. The van der Waals surface area contributed by atoms with Crippen LogP contribution in [0.4, 0.5) is 0 Å². The van der Waals surface area contributed by atoms with Gasteiger partial charge in [-0.15, -0.1) is 0 Å². The van der Waals surface area contributed by atoms with Crippen LogP contribution in [-0.4, -0.2) is 10.1 Å². The average molecular weight is 245 g/mol. The Morgan fingerprint density at radius 2 is 1.94 bits per heavy atom. The van der Waals surface area contributed by atoms with Crippen molar-refractivity contribution in [1.29, 1.82) is 0 Å². The normalized spacial score (nSPS) is 12.7. The van der Waals surface area contributed by atoms with Crippen molar-refractivity contribution in [3.8, 4) is 11.5 Å². The van der Waals surface area contributed by atoms with Crippen LogP contribution in [0.15, 0.2) is 22.7 Å². The maximum Gasteiger partial charge on any atom is 0.258 e. The van der Waals surface area contributed by atoms with Gasteiger partial charge in [-0.05, 0) is 31.4 Å². The fraction of sp³-hybridized carbons (Fsp3) is 0.429. The van der Waals surface area contributed by atoms with Crippen molar-refractivity contribution in [2.45, 2.75) is 39.7 Å². The fourth-order valence-electron chi connectivity index (χ4n) is 2.08. The molecule has 18 heavy (non-hydrogen) atoms. The Morgan fingerprint density at radius 1 is 1.28 bits per heavy atom. The standard InChI is InChI=1S/C14H19N3O/c1-4-6-11(15)13-16-14(18-17-13)12-9(2)7-5-8-10(12)3/h5,7-8,11H,4,6,15H2,1-3H3. The van der Waals surface area contributed by atoms with Crippen molar-refractivity contribution >= 4 is 0 Å². The van der Waals surface area contributed by atoms with E-state index in [1.807, 2.05) is 32.0 Å². The molecule has 1 aromatic carbocycles. The zero-order chi connectivity index (χ0) is 13.1. The van der Waals surface area contributed by atoms with E-state index in [0.29, 0.717) is 11.7 Å². The smallest absolute Gasteiger partial charge is 0.258 e. The quantitative estimate of drug-likeness (QED) is 0.898. The van der Waals surface area contributed by atoms with E-state index in [1.165, 1.54) is 0 Å². The highest BCUT2D eigenvalue weighted by atomic mass is 16.5. The molecule has 1 heterocycles. The summed E-state index contributed by atoms with van der Waals surface area (Å²) in [5.41, 5.74) is 9.27. The summed E-state index contributed by atoms with van der Waals surface area (Å²) in [7, 11) is 0. The van der Waals surface area contributed by atoms with Gasteiger partial charge in [0.1, 0.15) is 0 Å². The summed E-state index contributed by atoms with van der Waals surface area (Å²) in [5.74, 6) is 1.15. The summed E-state index contributed by atoms with van der Waals surface area (Å²) in [4.78, 5) is 4.42. The Kier molecular flexibility index (Phi) is 3.77. The minimum Gasteiger partial charge on any atom is -0.334 e. The SMILES string of the molecule is CCCC(N)c1noc(-c2c(C)cccc2C)n1. The van der Waals surface area contributed by atoms with E-state index in [4.69, 9.17) is 10.3 Å². The highest BCUT2D eigenvalue weighted by molar-refractivity contribution is 5.62. The first-order valence-corrected chi connectivity index (χ1v) is 6.29. The van der Waals surface area contributed by atoms with E-state index in [2.05, 4.69) is 17.1 Å². The van der Waals surface area contributed by atoms with Crippen LogP contribution < -0.4 is 5.73 Å². The van der Waals surface area contributed by atoms with Gasteiger partial charge >= 0.3 is 0 Å². The Morgan fingerprint density at radius 3 is 2.56 bits per heavy atom. The lowest BCUT2D eigenvalue weighted by molar-refractivity contribution is 0.413. The number of rotatable bonds is 4. The predicted octanol–water partition coefficient (Wildman–Crippen LogP) is 3.15. The van der Waals surface area contributed by atoms with Gasteiger partial charge in [-0.1, -0.05) is 36.7 Å². The highest BCUT2D eigenvalue weighted by Crippen LogP contribution is 2.26. The van der Waals surface area contributed by atoms with Gasteiger partial charge in [0.2, 0.25) is 0 Å². The van der Waals surface area contributed by atoms with Crippen LogP contribution in [0.1, 0.15) is 42.8 Å². The Labute approximate surface area is 107 Å². The number of aryl methyl sites for hydroxylation is 2. The summed E-state index contributed by atoms with van der Waals surface area (Å²) in [6, 6.07) is 5.96. The van der Waals surface area contributed by atoms with Gasteiger partial charge in [-0.25, -0.2) is 0 Å². The molecule has 0 aliphatic heterocycles. The second-order valence-electron chi connectivity index (χ2n) is 4.62. The molecule has 1 atom stereocenters. The van der Waals surface area contributed by atoms with Gasteiger partial charge in [0.15, 0.2) is 5.82 Å². The molecule has 4 heteroatoms. The lowest BCUT2D eigenvalue weighted by atomic mass is 10.0. The molecule has 0 saturated carbocycles. The molecule has 0 saturated heterocycles. The highest BCUT2D eigenvalue weighted by Gasteiger charge is 2.16. The molecule has 0 radical (unpaired) electrons. The zero-order valence-electron chi connectivity index (χ0n) is 11.1. The lowest BCUT2D eigenvalue weighted by Gasteiger charge is -2.04. The lowest BCUT2D eigenvalue weighted by Crippen LogP contribution is -2.11. The third-order valence-corrected chi connectivity index (χ3v) is 3.07. The van der Waals surface area contributed by atoms with Crippen molar-refractivity contribution in [3.05, 3.63) is 35.2 Å². The van der Waals surface area contributed by atoms with E-state index in [9.17, 15) is 0 Å². The molecule has 96 valence electrons. The maximum absolute atomic E-state index is 5.99. The fourth-order valence-corrected chi connectivity index (χ4v) is 2.08. The Hall–Kier alpha value is -1.68. The van der Waals surface area contributed by atoms with Crippen LogP contribution in [0.3, 0.4) is 0 Å². The summed E-state index contributed by atoms with van der Waals surface area (Å²) in [6.07, 6.45) is 1.88. The van der Waals surface area contributed by atoms with Crippen molar-refractivity contribution in [1.82, 2.24) is 10.1 Å². The minimum absolute atomic E-state index is 0.142. The van der Waals surface area contributed by atoms with E-state index in [0.717, 1.165) is 29.5 Å². The monoisotopic (exact) mass is 245 g/mol. The van der Waals surface area contributed by atoms with E-state index in [-0.39, 0.29) is 6.04 Å². The Balaban J connectivity index is 2.35. The first-order valence-electron chi connectivity index (χ1n) is 6.29. The van der Waals surface area contributed by atoms with Crippen LogP contribution in [0.25, 0.3) is 11.5 Å². The maximum atomic E-state index is 5.99. The summed E-state index contributed by atoms with van der Waals surface area (Å²) >= 11 is 0. The van der Waals surface area contributed by atoms with Crippen molar-refractivity contribution in [2.75, 3.05) is 0 Å². The first-order chi connectivity index (χ1) is 8.63. The molecule has 0 aliphatic rings. The van der Waals surface area contributed by atoms with Crippen LogP contribution in [0.5, 0.6) is 0 Å². The van der Waals surface area contributed by atoms with Gasteiger partial charge in [0.05, 0.1) is 6.04 Å². The largest absolute Gasteiger partial charge is 0.334 e. The molecular formula is C14H19N3O. The summed E-state index contributed by atoms with van der Waals surface area (Å²) in [5, 5.41) is 3.98. The molecule has 0 aliphatic carbocycles. The van der Waals surface area contributed by atoms with Gasteiger partial charge in [0, 0.05) is 5.56 Å². The number of hydrogen-bond acceptors (Lipinski definition) is 4. The number of nitrogens with two attached hydrogens (primary N) is 1. The molecule has 2 aromatic rings. The molecule has 0 amide bonds. The first kappa shape index (κ1) is 12.8. The molecule has 0 spiro atoms. The molecule has 4 nitrogen and oxygen atoms in total. The van der Waals surface area contributed by atoms with Gasteiger partial charge in [-0.3, -0.25) is 0 Å². The van der Waals surface area contributed by atoms with Crippen molar-refractivity contribution < 1.29 is 4.52 Å². The molecule has 1 unspecified atom stereocenters. The average Bonchev–Trinajstić information content (AvgIpc) is 2.78. The Bertz CT molecular complexity index is 513. The topological polar surface area (TPSA) is 64.9 Å². The van der Waals surface area contributed by atoms with Crippen molar-refractivity contribution in [3.63, 3.8) is 0 Å². The van der Waals surface area contributed by atoms with Crippen LogP contribution >= 0.6 is 0 Å². The second kappa shape index (κ2) is 5.31. The summed E-state index contributed by atoms with van der Waals surface area (Å²) < 4.78 is 5.34.